The van der Waals surface area contributed by atoms with Gasteiger partial charge < -0.3 is 20.1 Å². The number of ether oxygens (including phenoxy) is 1. The maximum absolute atomic E-state index is 11.7. The Morgan fingerprint density at radius 2 is 1.94 bits per heavy atom. The van der Waals surface area contributed by atoms with E-state index >= 15 is 0 Å². The molecule has 0 rings (SSSR count). The number of rotatable bonds is 6. The van der Waals surface area contributed by atoms with Crippen LogP contribution < -0.4 is 5.32 Å². The molecule has 18 heavy (non-hydrogen) atoms. The zero-order valence-electron chi connectivity index (χ0n) is 11.1. The van der Waals surface area contributed by atoms with Crippen molar-refractivity contribution in [3.05, 3.63) is 0 Å². The van der Waals surface area contributed by atoms with Gasteiger partial charge in [0.2, 0.25) is 0 Å². The summed E-state index contributed by atoms with van der Waals surface area (Å²) in [5, 5.41) is 11.2. The normalized spacial score (nSPS) is 13.3. The second kappa shape index (κ2) is 7.52. The predicted octanol–water partition coefficient (Wildman–Crippen LogP) is 0.300. The Bertz CT molecular complexity index is 319. The van der Waals surface area contributed by atoms with Gasteiger partial charge in [0, 0.05) is 13.6 Å². The lowest BCUT2D eigenvalue weighted by molar-refractivity contribution is -0.145. The molecule has 7 heteroatoms. The highest BCUT2D eigenvalue weighted by Crippen LogP contribution is 2.02. The van der Waals surface area contributed by atoms with Crippen molar-refractivity contribution in [2.24, 2.45) is 5.92 Å². The first-order valence-electron chi connectivity index (χ1n) is 5.65. The molecule has 2 unspecified atom stereocenters. The number of urea groups is 1. The minimum atomic E-state index is -1.08. The number of nitrogens with zero attached hydrogens (tertiary/aromatic N) is 1. The number of methoxy groups -OCH3 is 1. The van der Waals surface area contributed by atoms with Crippen molar-refractivity contribution >= 4 is 18.0 Å². The molecule has 0 heterocycles. The Hall–Kier alpha value is -1.79. The van der Waals surface area contributed by atoms with Crippen LogP contribution >= 0.6 is 0 Å². The SMILES string of the molecule is CCC(NC(=O)N(C)CC(C)C(=O)OC)C(=O)O. The molecular weight excluding hydrogens is 240 g/mol. The Balaban J connectivity index is 4.34. The zero-order valence-corrected chi connectivity index (χ0v) is 11.1. The summed E-state index contributed by atoms with van der Waals surface area (Å²) in [6, 6.07) is -1.45. The van der Waals surface area contributed by atoms with Gasteiger partial charge in [-0.25, -0.2) is 9.59 Å². The molecule has 0 saturated heterocycles. The summed E-state index contributed by atoms with van der Waals surface area (Å²) in [5.74, 6) is -1.96. The first kappa shape index (κ1) is 16.2. The molecule has 0 bridgehead atoms. The van der Waals surface area contributed by atoms with E-state index in [4.69, 9.17) is 5.11 Å². The second-order valence-corrected chi connectivity index (χ2v) is 4.05. The molecule has 2 amide bonds. The van der Waals surface area contributed by atoms with Gasteiger partial charge in [-0.2, -0.15) is 0 Å². The Kier molecular flexibility index (Phi) is 6.77. The van der Waals surface area contributed by atoms with Crippen molar-refractivity contribution in [1.29, 1.82) is 0 Å². The summed E-state index contributed by atoms with van der Waals surface area (Å²) in [7, 11) is 2.76. The van der Waals surface area contributed by atoms with Gasteiger partial charge in [-0.3, -0.25) is 4.79 Å². The van der Waals surface area contributed by atoms with E-state index in [1.807, 2.05) is 0 Å². The molecule has 0 radical (unpaired) electrons. The monoisotopic (exact) mass is 260 g/mol. The minimum Gasteiger partial charge on any atom is -0.480 e. The average Bonchev–Trinajstić information content (AvgIpc) is 2.33. The van der Waals surface area contributed by atoms with Crippen LogP contribution in [0.4, 0.5) is 4.79 Å². The predicted molar refractivity (Wildman–Crippen MR) is 64.1 cm³/mol. The number of carboxylic acid groups (broad SMARTS) is 1. The van der Waals surface area contributed by atoms with E-state index in [0.717, 1.165) is 0 Å². The molecule has 0 aliphatic carbocycles. The largest absolute Gasteiger partial charge is 0.480 e. The number of aliphatic carboxylic acids is 1. The van der Waals surface area contributed by atoms with Crippen LogP contribution in [0.5, 0.6) is 0 Å². The fourth-order valence-electron chi connectivity index (χ4n) is 1.37. The van der Waals surface area contributed by atoms with Gasteiger partial charge in [0.05, 0.1) is 13.0 Å². The molecule has 2 atom stereocenters. The van der Waals surface area contributed by atoms with E-state index in [9.17, 15) is 14.4 Å². The standard InChI is InChI=1S/C11H20N2O5/c1-5-8(9(14)15)12-11(17)13(3)6-7(2)10(16)18-4/h7-8H,5-6H2,1-4H3,(H,12,17)(H,14,15). The number of carbonyl (C=O) groups is 3. The number of nitrogens with one attached hydrogen (secondary N) is 1. The third-order valence-electron chi connectivity index (χ3n) is 2.50. The van der Waals surface area contributed by atoms with E-state index in [2.05, 4.69) is 10.1 Å². The fourth-order valence-corrected chi connectivity index (χ4v) is 1.37. The van der Waals surface area contributed by atoms with Gasteiger partial charge in [0.15, 0.2) is 0 Å². The number of hydrogen-bond donors (Lipinski definition) is 2. The zero-order chi connectivity index (χ0) is 14.3. The molecule has 0 saturated carbocycles. The quantitative estimate of drug-likeness (QED) is 0.670. The highest BCUT2D eigenvalue weighted by atomic mass is 16.5. The lowest BCUT2D eigenvalue weighted by atomic mass is 10.2. The Morgan fingerprint density at radius 1 is 1.39 bits per heavy atom. The molecule has 0 aliphatic rings. The van der Waals surface area contributed by atoms with Crippen LogP contribution in [0.15, 0.2) is 0 Å². The molecule has 104 valence electrons. The summed E-state index contributed by atoms with van der Waals surface area (Å²) in [6.45, 7) is 3.45. The lowest BCUT2D eigenvalue weighted by Crippen LogP contribution is -2.47. The summed E-state index contributed by atoms with van der Waals surface area (Å²) >= 11 is 0. The molecule has 0 fully saturated rings. The lowest BCUT2D eigenvalue weighted by Gasteiger charge is -2.22. The van der Waals surface area contributed by atoms with Crippen LogP contribution in [0.1, 0.15) is 20.3 Å². The maximum atomic E-state index is 11.7. The molecule has 0 aromatic rings. The molecule has 7 nitrogen and oxygen atoms in total. The molecule has 0 spiro atoms. The molecule has 0 aromatic carbocycles. The Morgan fingerprint density at radius 3 is 2.33 bits per heavy atom. The van der Waals surface area contributed by atoms with Crippen LogP contribution in [-0.4, -0.2) is 54.7 Å². The number of carboxylic acids is 1. The van der Waals surface area contributed by atoms with E-state index in [0.29, 0.717) is 6.42 Å². The third-order valence-corrected chi connectivity index (χ3v) is 2.50. The van der Waals surface area contributed by atoms with Crippen LogP contribution in [0.2, 0.25) is 0 Å². The number of esters is 1. The molecule has 0 aromatic heterocycles. The summed E-state index contributed by atoms with van der Waals surface area (Å²) in [6.07, 6.45) is 0.293. The smallest absolute Gasteiger partial charge is 0.326 e. The molecule has 2 N–H and O–H groups in total. The average molecular weight is 260 g/mol. The van der Waals surface area contributed by atoms with E-state index in [1.54, 1.807) is 13.8 Å². The first-order valence-corrected chi connectivity index (χ1v) is 5.65. The van der Waals surface area contributed by atoms with Gasteiger partial charge in [0.25, 0.3) is 0 Å². The minimum absolute atomic E-state index is 0.161. The van der Waals surface area contributed by atoms with Gasteiger partial charge in [-0.05, 0) is 6.42 Å². The van der Waals surface area contributed by atoms with E-state index < -0.39 is 29.9 Å². The highest BCUT2D eigenvalue weighted by molar-refractivity contribution is 5.82. The Labute approximate surface area is 106 Å². The van der Waals surface area contributed by atoms with E-state index in [1.165, 1.54) is 19.1 Å². The number of hydrogen-bond acceptors (Lipinski definition) is 4. The van der Waals surface area contributed by atoms with Crippen molar-refractivity contribution in [3.8, 4) is 0 Å². The summed E-state index contributed by atoms with van der Waals surface area (Å²) in [5.41, 5.74) is 0. The van der Waals surface area contributed by atoms with Crippen LogP contribution in [0.3, 0.4) is 0 Å². The highest BCUT2D eigenvalue weighted by Gasteiger charge is 2.22. The van der Waals surface area contributed by atoms with Gasteiger partial charge in [-0.1, -0.05) is 13.8 Å². The molecular formula is C11H20N2O5. The van der Waals surface area contributed by atoms with Gasteiger partial charge in [0.1, 0.15) is 6.04 Å². The van der Waals surface area contributed by atoms with Crippen LogP contribution in [0, 0.1) is 5.92 Å². The fraction of sp³-hybridized carbons (Fsp3) is 0.727. The van der Waals surface area contributed by atoms with Crippen molar-refractivity contribution in [3.63, 3.8) is 0 Å². The van der Waals surface area contributed by atoms with Crippen molar-refractivity contribution in [1.82, 2.24) is 10.2 Å². The van der Waals surface area contributed by atoms with Crippen molar-refractivity contribution in [2.75, 3.05) is 20.7 Å². The third kappa shape index (κ3) is 5.03. The van der Waals surface area contributed by atoms with Gasteiger partial charge in [-0.15, -0.1) is 0 Å². The summed E-state index contributed by atoms with van der Waals surface area (Å²) < 4.78 is 4.54. The second-order valence-electron chi connectivity index (χ2n) is 4.05. The number of carbonyl (C=O) groups excluding carboxylic acids is 2. The molecule has 0 aliphatic heterocycles. The van der Waals surface area contributed by atoms with Crippen molar-refractivity contribution < 1.29 is 24.2 Å². The van der Waals surface area contributed by atoms with Crippen LogP contribution in [0.25, 0.3) is 0 Å². The topological polar surface area (TPSA) is 95.9 Å². The van der Waals surface area contributed by atoms with Crippen molar-refractivity contribution in [2.45, 2.75) is 26.3 Å². The van der Waals surface area contributed by atoms with E-state index in [-0.39, 0.29) is 6.54 Å². The summed E-state index contributed by atoms with van der Waals surface area (Å²) in [4.78, 5) is 34.9. The first-order chi connectivity index (χ1) is 8.33. The van der Waals surface area contributed by atoms with Gasteiger partial charge >= 0.3 is 18.0 Å². The van der Waals surface area contributed by atoms with Crippen LogP contribution in [-0.2, 0) is 14.3 Å². The number of amides is 2. The maximum Gasteiger partial charge on any atom is 0.326 e.